The van der Waals surface area contributed by atoms with Crippen LogP contribution in [0.4, 0.5) is 0 Å². The van der Waals surface area contributed by atoms with E-state index < -0.39 is 5.60 Å². The van der Waals surface area contributed by atoms with Crippen molar-refractivity contribution < 1.29 is 9.90 Å². The van der Waals surface area contributed by atoms with Crippen LogP contribution in [0.1, 0.15) is 29.3 Å². The molecule has 0 aromatic heterocycles. The first-order valence-corrected chi connectivity index (χ1v) is 5.63. The second-order valence-electron chi connectivity index (χ2n) is 4.54. The average molecular weight is 219 g/mol. The van der Waals surface area contributed by atoms with Crippen LogP contribution in [0.3, 0.4) is 0 Å². The van der Waals surface area contributed by atoms with Crippen LogP contribution in [0.15, 0.2) is 24.3 Å². The second-order valence-corrected chi connectivity index (χ2v) is 4.54. The molecule has 0 amide bonds. The van der Waals surface area contributed by atoms with Crippen LogP contribution in [0.25, 0.3) is 0 Å². The van der Waals surface area contributed by atoms with Crippen molar-refractivity contribution in [3.05, 3.63) is 35.4 Å². The molecule has 0 saturated carbocycles. The Hall–Kier alpha value is -1.19. The zero-order valence-corrected chi connectivity index (χ0v) is 9.49. The molecule has 1 aromatic carbocycles. The van der Waals surface area contributed by atoms with Gasteiger partial charge in [0, 0.05) is 18.5 Å². The standard InChI is InChI=1S/C13H17NO2/c1-10(15)12-5-3-2-4-11(12)8-13(16)6-7-14-9-13/h2-5,14,16H,6-9H2,1H3. The lowest BCUT2D eigenvalue weighted by atomic mass is 9.90. The largest absolute Gasteiger partial charge is 0.388 e. The number of hydrogen-bond acceptors (Lipinski definition) is 3. The number of aliphatic hydroxyl groups is 1. The van der Waals surface area contributed by atoms with Crippen molar-refractivity contribution in [1.82, 2.24) is 5.32 Å². The molecule has 1 aromatic rings. The molecule has 3 nitrogen and oxygen atoms in total. The minimum atomic E-state index is -0.689. The van der Waals surface area contributed by atoms with Crippen LogP contribution in [-0.2, 0) is 6.42 Å². The molecule has 1 atom stereocenters. The van der Waals surface area contributed by atoms with Crippen LogP contribution in [0, 0.1) is 0 Å². The van der Waals surface area contributed by atoms with Crippen LogP contribution < -0.4 is 5.32 Å². The molecule has 1 fully saturated rings. The Morgan fingerprint density at radius 2 is 2.25 bits per heavy atom. The fraction of sp³-hybridized carbons (Fsp3) is 0.462. The van der Waals surface area contributed by atoms with E-state index in [0.717, 1.165) is 24.1 Å². The highest BCUT2D eigenvalue weighted by molar-refractivity contribution is 5.95. The fourth-order valence-corrected chi connectivity index (χ4v) is 2.25. The SMILES string of the molecule is CC(=O)c1ccccc1CC1(O)CCNC1. The number of carbonyl (C=O) groups is 1. The maximum atomic E-state index is 11.4. The molecule has 2 rings (SSSR count). The fourth-order valence-electron chi connectivity index (χ4n) is 2.25. The first-order chi connectivity index (χ1) is 7.61. The van der Waals surface area contributed by atoms with Crippen LogP contribution in [-0.4, -0.2) is 29.6 Å². The van der Waals surface area contributed by atoms with E-state index >= 15 is 0 Å². The lowest BCUT2D eigenvalue weighted by Gasteiger charge is -2.22. The van der Waals surface area contributed by atoms with Gasteiger partial charge in [0.2, 0.25) is 0 Å². The number of rotatable bonds is 3. The molecule has 0 spiro atoms. The van der Waals surface area contributed by atoms with E-state index in [1.54, 1.807) is 6.92 Å². The monoisotopic (exact) mass is 219 g/mol. The summed E-state index contributed by atoms with van der Waals surface area (Å²) in [4.78, 5) is 11.4. The Morgan fingerprint density at radius 3 is 2.88 bits per heavy atom. The summed E-state index contributed by atoms with van der Waals surface area (Å²) < 4.78 is 0. The molecule has 1 aliphatic rings. The van der Waals surface area contributed by atoms with E-state index in [2.05, 4.69) is 5.32 Å². The van der Waals surface area contributed by atoms with E-state index in [1.807, 2.05) is 24.3 Å². The third-order valence-electron chi connectivity index (χ3n) is 3.14. The second kappa shape index (κ2) is 4.36. The molecule has 1 saturated heterocycles. The van der Waals surface area contributed by atoms with Crippen molar-refractivity contribution in [1.29, 1.82) is 0 Å². The van der Waals surface area contributed by atoms with Gasteiger partial charge in [-0.2, -0.15) is 0 Å². The van der Waals surface area contributed by atoms with Gasteiger partial charge in [0.25, 0.3) is 0 Å². The molecule has 2 N–H and O–H groups in total. The van der Waals surface area contributed by atoms with Gasteiger partial charge in [-0.25, -0.2) is 0 Å². The Labute approximate surface area is 95.5 Å². The summed E-state index contributed by atoms with van der Waals surface area (Å²) >= 11 is 0. The predicted molar refractivity (Wildman–Crippen MR) is 62.6 cm³/mol. The van der Waals surface area contributed by atoms with E-state index in [0.29, 0.717) is 13.0 Å². The summed E-state index contributed by atoms with van der Waals surface area (Å²) in [5.41, 5.74) is 0.981. The number of nitrogens with one attached hydrogen (secondary N) is 1. The van der Waals surface area contributed by atoms with Gasteiger partial charge in [-0.1, -0.05) is 24.3 Å². The lowest BCUT2D eigenvalue weighted by Crippen LogP contribution is -2.34. The topological polar surface area (TPSA) is 49.3 Å². The van der Waals surface area contributed by atoms with E-state index in [9.17, 15) is 9.90 Å². The highest BCUT2D eigenvalue weighted by atomic mass is 16.3. The average Bonchev–Trinajstić information content (AvgIpc) is 2.65. The Kier molecular flexibility index (Phi) is 3.08. The van der Waals surface area contributed by atoms with Crippen molar-refractivity contribution in [3.63, 3.8) is 0 Å². The quantitative estimate of drug-likeness (QED) is 0.750. The maximum absolute atomic E-state index is 11.4. The molecule has 0 radical (unpaired) electrons. The molecule has 0 aliphatic carbocycles. The first-order valence-electron chi connectivity index (χ1n) is 5.63. The summed E-state index contributed by atoms with van der Waals surface area (Å²) in [6.07, 6.45) is 1.30. The summed E-state index contributed by atoms with van der Waals surface area (Å²) in [6, 6.07) is 7.52. The molecular weight excluding hydrogens is 202 g/mol. The van der Waals surface area contributed by atoms with Crippen LogP contribution in [0.5, 0.6) is 0 Å². The maximum Gasteiger partial charge on any atom is 0.160 e. The Balaban J connectivity index is 2.23. The molecule has 16 heavy (non-hydrogen) atoms. The van der Waals surface area contributed by atoms with Crippen molar-refractivity contribution in [3.8, 4) is 0 Å². The molecule has 86 valence electrons. The highest BCUT2D eigenvalue weighted by Crippen LogP contribution is 2.22. The third-order valence-corrected chi connectivity index (χ3v) is 3.14. The van der Waals surface area contributed by atoms with Gasteiger partial charge in [0.05, 0.1) is 5.60 Å². The number of β-amino-alcohol motifs (C(OH)–C–C–N with tert-alkyl or cyclic N) is 1. The van der Waals surface area contributed by atoms with Crippen LogP contribution in [0.2, 0.25) is 0 Å². The normalized spacial score (nSPS) is 24.6. The molecule has 1 unspecified atom stereocenters. The Bertz CT molecular complexity index is 395. The third kappa shape index (κ3) is 2.31. The van der Waals surface area contributed by atoms with Gasteiger partial charge >= 0.3 is 0 Å². The first kappa shape index (κ1) is 11.3. The van der Waals surface area contributed by atoms with Gasteiger partial charge in [0.15, 0.2) is 5.78 Å². The van der Waals surface area contributed by atoms with Crippen LogP contribution >= 0.6 is 0 Å². The predicted octanol–water partition coefficient (Wildman–Crippen LogP) is 1.16. The van der Waals surface area contributed by atoms with Gasteiger partial charge in [-0.3, -0.25) is 4.79 Å². The van der Waals surface area contributed by atoms with Crippen molar-refractivity contribution >= 4 is 5.78 Å². The zero-order valence-electron chi connectivity index (χ0n) is 9.49. The summed E-state index contributed by atoms with van der Waals surface area (Å²) in [6.45, 7) is 3.02. The summed E-state index contributed by atoms with van der Waals surface area (Å²) in [5.74, 6) is 0.0603. The molecule has 3 heteroatoms. The van der Waals surface area contributed by atoms with E-state index in [4.69, 9.17) is 0 Å². The molecular formula is C13H17NO2. The lowest BCUT2D eigenvalue weighted by molar-refractivity contribution is 0.0616. The highest BCUT2D eigenvalue weighted by Gasteiger charge is 2.31. The van der Waals surface area contributed by atoms with Crippen molar-refractivity contribution in [2.24, 2.45) is 0 Å². The van der Waals surface area contributed by atoms with Crippen molar-refractivity contribution in [2.75, 3.05) is 13.1 Å². The minimum Gasteiger partial charge on any atom is -0.388 e. The number of Topliss-reactive ketones (excluding diaryl/α,β-unsaturated/α-hetero) is 1. The Morgan fingerprint density at radius 1 is 1.50 bits per heavy atom. The van der Waals surface area contributed by atoms with Crippen molar-refractivity contribution in [2.45, 2.75) is 25.4 Å². The number of carbonyl (C=O) groups excluding carboxylic acids is 1. The van der Waals surface area contributed by atoms with Gasteiger partial charge in [-0.05, 0) is 25.5 Å². The summed E-state index contributed by atoms with van der Waals surface area (Å²) in [7, 11) is 0. The number of hydrogen-bond donors (Lipinski definition) is 2. The van der Waals surface area contributed by atoms with E-state index in [1.165, 1.54) is 0 Å². The number of benzene rings is 1. The molecule has 1 aliphatic heterocycles. The van der Waals surface area contributed by atoms with E-state index in [-0.39, 0.29) is 5.78 Å². The van der Waals surface area contributed by atoms with Gasteiger partial charge in [0.1, 0.15) is 0 Å². The smallest absolute Gasteiger partial charge is 0.160 e. The van der Waals surface area contributed by atoms with Gasteiger partial charge in [-0.15, -0.1) is 0 Å². The van der Waals surface area contributed by atoms with Gasteiger partial charge < -0.3 is 10.4 Å². The molecule has 0 bridgehead atoms. The minimum absolute atomic E-state index is 0.0603. The number of ketones is 1. The zero-order chi connectivity index (χ0) is 11.6. The summed E-state index contributed by atoms with van der Waals surface area (Å²) in [5, 5.41) is 13.4. The molecule has 1 heterocycles.